The van der Waals surface area contributed by atoms with Gasteiger partial charge in [-0.15, -0.1) is 0 Å². The van der Waals surface area contributed by atoms with E-state index in [1.165, 1.54) is 13.0 Å². The fraction of sp³-hybridized carbons (Fsp3) is 0.0800. The van der Waals surface area contributed by atoms with Gasteiger partial charge in [0, 0.05) is 18.1 Å². The summed E-state index contributed by atoms with van der Waals surface area (Å²) in [6.07, 6.45) is 0.368. The van der Waals surface area contributed by atoms with Gasteiger partial charge in [0.1, 0.15) is 5.70 Å². The lowest BCUT2D eigenvalue weighted by Crippen LogP contribution is -2.29. The lowest BCUT2D eigenvalue weighted by molar-refractivity contribution is -0.143. The molecule has 5 heteroatoms. The first-order valence-corrected chi connectivity index (χ1v) is 9.44. The number of carbonyl (C=O) groups excluding carboxylic acids is 3. The number of carbonyl (C=O) groups is 3. The van der Waals surface area contributed by atoms with Crippen LogP contribution in [-0.2, 0) is 14.3 Å². The van der Waals surface area contributed by atoms with Gasteiger partial charge in [-0.2, -0.15) is 0 Å². The molecule has 1 atom stereocenters. The van der Waals surface area contributed by atoms with Crippen molar-refractivity contribution in [3.8, 4) is 0 Å². The Morgan fingerprint density at radius 3 is 1.90 bits per heavy atom. The zero-order chi connectivity index (χ0) is 21.3. The topological polar surface area (TPSA) is 72.5 Å². The third-order valence-electron chi connectivity index (χ3n) is 4.26. The third-order valence-corrected chi connectivity index (χ3v) is 4.26. The fourth-order valence-corrected chi connectivity index (χ4v) is 2.88. The number of ketones is 1. The van der Waals surface area contributed by atoms with Gasteiger partial charge in [-0.1, -0.05) is 91.0 Å². The average molecular weight is 399 g/mol. The molecule has 5 nitrogen and oxygen atoms in total. The Balaban J connectivity index is 1.93. The third kappa shape index (κ3) is 5.52. The Labute approximate surface area is 175 Å². The van der Waals surface area contributed by atoms with Gasteiger partial charge in [0.25, 0.3) is 0 Å². The van der Waals surface area contributed by atoms with Gasteiger partial charge in [-0.3, -0.25) is 9.59 Å². The van der Waals surface area contributed by atoms with Crippen molar-refractivity contribution in [2.75, 3.05) is 0 Å². The smallest absolute Gasteiger partial charge is 0.355 e. The van der Waals surface area contributed by atoms with Crippen LogP contribution in [0.3, 0.4) is 0 Å². The molecule has 0 aromatic heterocycles. The number of amides is 1. The van der Waals surface area contributed by atoms with Crippen LogP contribution in [0.15, 0.2) is 96.7 Å². The monoisotopic (exact) mass is 399 g/mol. The molecule has 0 bridgehead atoms. The summed E-state index contributed by atoms with van der Waals surface area (Å²) in [5.74, 6) is -1.57. The molecule has 3 rings (SSSR count). The first-order chi connectivity index (χ1) is 14.5. The molecule has 0 aliphatic rings. The maximum absolute atomic E-state index is 13.1. The predicted molar refractivity (Wildman–Crippen MR) is 114 cm³/mol. The van der Waals surface area contributed by atoms with E-state index >= 15 is 0 Å². The van der Waals surface area contributed by atoms with E-state index in [0.29, 0.717) is 16.7 Å². The van der Waals surface area contributed by atoms with Crippen LogP contribution in [0.4, 0.5) is 0 Å². The van der Waals surface area contributed by atoms with E-state index in [0.717, 1.165) is 0 Å². The number of nitrogens with one attached hydrogen (secondary N) is 1. The van der Waals surface area contributed by atoms with Gasteiger partial charge >= 0.3 is 5.97 Å². The number of Topliss-reactive ketones (excluding diaryl/α,β-unsaturated/α-hetero) is 1. The Morgan fingerprint density at radius 2 is 1.33 bits per heavy atom. The van der Waals surface area contributed by atoms with Gasteiger partial charge in [0.05, 0.1) is 0 Å². The highest BCUT2D eigenvalue weighted by Crippen LogP contribution is 2.24. The van der Waals surface area contributed by atoms with Crippen LogP contribution >= 0.6 is 0 Å². The van der Waals surface area contributed by atoms with Crippen LogP contribution in [0.5, 0.6) is 0 Å². The summed E-state index contributed by atoms with van der Waals surface area (Å²) in [7, 11) is 0. The predicted octanol–water partition coefficient (Wildman–Crippen LogP) is 4.33. The number of hydrogen-bond acceptors (Lipinski definition) is 4. The highest BCUT2D eigenvalue weighted by molar-refractivity contribution is 6.03. The zero-order valence-electron chi connectivity index (χ0n) is 16.4. The second-order valence-electron chi connectivity index (χ2n) is 6.58. The zero-order valence-corrected chi connectivity index (χ0v) is 16.4. The molecule has 1 amide bonds. The Kier molecular flexibility index (Phi) is 6.90. The van der Waals surface area contributed by atoms with Crippen molar-refractivity contribution in [1.29, 1.82) is 0 Å². The van der Waals surface area contributed by atoms with E-state index < -0.39 is 18.0 Å². The van der Waals surface area contributed by atoms with Crippen molar-refractivity contribution in [1.82, 2.24) is 5.32 Å². The summed E-state index contributed by atoms with van der Waals surface area (Å²) >= 11 is 0. The minimum atomic E-state index is -1.14. The molecule has 3 aromatic rings. The number of esters is 1. The second-order valence-corrected chi connectivity index (χ2v) is 6.58. The van der Waals surface area contributed by atoms with Crippen molar-refractivity contribution in [2.24, 2.45) is 0 Å². The molecule has 0 aliphatic carbocycles. The number of rotatable bonds is 7. The molecule has 30 heavy (non-hydrogen) atoms. The van der Waals surface area contributed by atoms with Crippen molar-refractivity contribution < 1.29 is 19.1 Å². The molecular formula is C25H21NO4. The Morgan fingerprint density at radius 1 is 0.800 bits per heavy atom. The largest absolute Gasteiger partial charge is 0.444 e. The van der Waals surface area contributed by atoms with Gasteiger partial charge in [-0.25, -0.2) is 4.79 Å². The quantitative estimate of drug-likeness (QED) is 0.365. The second kappa shape index (κ2) is 9.98. The number of benzene rings is 3. The summed E-state index contributed by atoms with van der Waals surface area (Å²) in [5.41, 5.74) is 1.63. The average Bonchev–Trinajstić information content (AvgIpc) is 2.78. The van der Waals surface area contributed by atoms with Gasteiger partial charge in [0.15, 0.2) is 6.10 Å². The maximum Gasteiger partial charge on any atom is 0.355 e. The minimum absolute atomic E-state index is 0.0458. The summed E-state index contributed by atoms with van der Waals surface area (Å²) in [4.78, 5) is 37.7. The number of hydrogen-bond donors (Lipinski definition) is 1. The lowest BCUT2D eigenvalue weighted by Gasteiger charge is -2.18. The van der Waals surface area contributed by atoms with E-state index in [4.69, 9.17) is 4.74 Å². The molecule has 3 aromatic carbocycles. The molecule has 150 valence electrons. The van der Waals surface area contributed by atoms with Crippen molar-refractivity contribution in [2.45, 2.75) is 13.0 Å². The molecule has 0 fully saturated rings. The van der Waals surface area contributed by atoms with Gasteiger partial charge in [0.2, 0.25) is 11.7 Å². The molecule has 0 saturated heterocycles. The van der Waals surface area contributed by atoms with Crippen LogP contribution in [0, 0.1) is 0 Å². The van der Waals surface area contributed by atoms with Crippen molar-refractivity contribution in [3.05, 3.63) is 113 Å². The van der Waals surface area contributed by atoms with E-state index in [1.54, 1.807) is 66.7 Å². The Hall–Kier alpha value is -3.99. The summed E-state index contributed by atoms with van der Waals surface area (Å²) in [6, 6.07) is 26.5. The maximum atomic E-state index is 13.1. The SMILES string of the molecule is CC(=O)N/C(=C\c1ccccc1)C(=O)O[C@H](C(=O)c1ccccc1)c1ccccc1. The minimum Gasteiger partial charge on any atom is -0.444 e. The Bertz CT molecular complexity index is 1040. The highest BCUT2D eigenvalue weighted by Gasteiger charge is 2.27. The molecule has 0 unspecified atom stereocenters. The van der Waals surface area contributed by atoms with Crippen molar-refractivity contribution in [3.63, 3.8) is 0 Å². The lowest BCUT2D eigenvalue weighted by atomic mass is 10.00. The van der Waals surface area contributed by atoms with Crippen LogP contribution in [0.25, 0.3) is 6.08 Å². The first kappa shape index (κ1) is 20.7. The van der Waals surface area contributed by atoms with Crippen LogP contribution in [0.2, 0.25) is 0 Å². The summed E-state index contributed by atoms with van der Waals surface area (Å²) in [5, 5.41) is 2.50. The molecule has 0 radical (unpaired) electrons. The summed E-state index contributed by atoms with van der Waals surface area (Å²) in [6.45, 7) is 1.30. The molecular weight excluding hydrogens is 378 g/mol. The van der Waals surface area contributed by atoms with Gasteiger partial charge in [-0.05, 0) is 11.6 Å². The highest BCUT2D eigenvalue weighted by atomic mass is 16.5. The van der Waals surface area contributed by atoms with E-state index in [9.17, 15) is 14.4 Å². The van der Waals surface area contributed by atoms with E-state index in [2.05, 4.69) is 5.32 Å². The van der Waals surface area contributed by atoms with E-state index in [-0.39, 0.29) is 11.5 Å². The van der Waals surface area contributed by atoms with Crippen LogP contribution in [-0.4, -0.2) is 17.7 Å². The number of ether oxygens (including phenoxy) is 1. The normalized spacial score (nSPS) is 12.0. The van der Waals surface area contributed by atoms with Crippen molar-refractivity contribution >= 4 is 23.7 Å². The fourth-order valence-electron chi connectivity index (χ4n) is 2.88. The molecule has 0 heterocycles. The molecule has 0 aliphatic heterocycles. The molecule has 0 spiro atoms. The summed E-state index contributed by atoms with van der Waals surface area (Å²) < 4.78 is 5.62. The standard InChI is InChI=1S/C25H21NO4/c1-18(27)26-22(17-19-11-5-2-6-12-19)25(29)30-24(21-15-9-4-10-16-21)23(28)20-13-7-3-8-14-20/h2-17,24H,1H3,(H,26,27)/b22-17-/t24-/m0/s1. The van der Waals surface area contributed by atoms with Gasteiger partial charge < -0.3 is 10.1 Å². The van der Waals surface area contributed by atoms with E-state index in [1.807, 2.05) is 24.3 Å². The molecule has 0 saturated carbocycles. The first-order valence-electron chi connectivity index (χ1n) is 9.44. The van der Waals surface area contributed by atoms with Crippen LogP contribution < -0.4 is 5.32 Å². The molecule has 1 N–H and O–H groups in total. The van der Waals surface area contributed by atoms with Crippen LogP contribution in [0.1, 0.15) is 34.5 Å².